The first-order valence-corrected chi connectivity index (χ1v) is 4.35. The van der Waals surface area contributed by atoms with Crippen LogP contribution in [0.2, 0.25) is 0 Å². The van der Waals surface area contributed by atoms with Gasteiger partial charge in [-0.3, -0.25) is 0 Å². The minimum absolute atomic E-state index is 0.0233. The first kappa shape index (κ1) is 9.19. The predicted molar refractivity (Wildman–Crippen MR) is 45.6 cm³/mol. The summed E-state index contributed by atoms with van der Waals surface area (Å²) in [5.41, 5.74) is 0. The van der Waals surface area contributed by atoms with Crippen LogP contribution < -0.4 is 0 Å². The van der Waals surface area contributed by atoms with Crippen LogP contribution >= 0.6 is 0 Å². The molecular formula is C8H15N3O. The first-order valence-electron chi connectivity index (χ1n) is 4.35. The van der Waals surface area contributed by atoms with Crippen LogP contribution in [0.15, 0.2) is 0 Å². The van der Waals surface area contributed by atoms with Gasteiger partial charge < -0.3 is 9.67 Å². The summed E-state index contributed by atoms with van der Waals surface area (Å²) in [6.07, 6.45) is 1.99. The third-order valence-electron chi connectivity index (χ3n) is 1.84. The zero-order valence-corrected chi connectivity index (χ0v) is 7.62. The van der Waals surface area contributed by atoms with Gasteiger partial charge in [0.25, 0.3) is 0 Å². The highest BCUT2D eigenvalue weighted by Crippen LogP contribution is 2.04. The number of rotatable bonds is 4. The Labute approximate surface area is 72.2 Å². The molecule has 0 aromatic carbocycles. The van der Waals surface area contributed by atoms with Gasteiger partial charge in [0.15, 0.2) is 5.82 Å². The zero-order valence-electron chi connectivity index (χ0n) is 7.62. The predicted octanol–water partition coefficient (Wildman–Crippen LogP) is 0.743. The van der Waals surface area contributed by atoms with Crippen LogP contribution in [-0.2, 0) is 19.6 Å². The number of hydrogen-bond donors (Lipinski definition) is 1. The van der Waals surface area contributed by atoms with Crippen molar-refractivity contribution in [3.8, 4) is 0 Å². The molecule has 1 rings (SSSR count). The smallest absolute Gasteiger partial charge is 0.158 e. The van der Waals surface area contributed by atoms with E-state index in [0.717, 1.165) is 25.2 Å². The summed E-state index contributed by atoms with van der Waals surface area (Å²) >= 11 is 0. The van der Waals surface area contributed by atoms with Gasteiger partial charge >= 0.3 is 0 Å². The van der Waals surface area contributed by atoms with Crippen molar-refractivity contribution in [3.63, 3.8) is 0 Å². The van der Waals surface area contributed by atoms with Gasteiger partial charge in [-0.1, -0.05) is 6.92 Å². The molecule has 0 bridgehead atoms. The Kier molecular flexibility index (Phi) is 3.22. The second-order valence-corrected chi connectivity index (χ2v) is 2.68. The topological polar surface area (TPSA) is 50.9 Å². The molecule has 0 aliphatic heterocycles. The molecule has 0 unspecified atom stereocenters. The standard InChI is InChI=1S/C8H15N3O/c1-3-5-7-9-10-8(6-12)11(7)4-2/h12H,3-6H2,1-2H3. The molecule has 0 amide bonds. The molecular weight excluding hydrogens is 154 g/mol. The maximum Gasteiger partial charge on any atom is 0.158 e. The number of aryl methyl sites for hydroxylation is 1. The maximum atomic E-state index is 8.91. The van der Waals surface area contributed by atoms with Gasteiger partial charge in [-0.2, -0.15) is 0 Å². The molecule has 1 aromatic heterocycles. The zero-order chi connectivity index (χ0) is 8.97. The molecule has 0 aliphatic rings. The van der Waals surface area contributed by atoms with Gasteiger partial charge in [-0.05, 0) is 13.3 Å². The van der Waals surface area contributed by atoms with Crippen LogP contribution in [0.1, 0.15) is 31.9 Å². The summed E-state index contributed by atoms with van der Waals surface area (Å²) in [5.74, 6) is 1.64. The SMILES string of the molecule is CCCc1nnc(CO)n1CC. The van der Waals surface area contributed by atoms with Gasteiger partial charge in [0.1, 0.15) is 12.4 Å². The molecule has 4 nitrogen and oxygen atoms in total. The first-order chi connectivity index (χ1) is 5.83. The molecule has 68 valence electrons. The lowest BCUT2D eigenvalue weighted by Crippen LogP contribution is -2.05. The van der Waals surface area contributed by atoms with E-state index in [4.69, 9.17) is 5.11 Å². The van der Waals surface area contributed by atoms with Crippen molar-refractivity contribution < 1.29 is 5.11 Å². The van der Waals surface area contributed by atoms with Crippen LogP contribution in [0.3, 0.4) is 0 Å². The van der Waals surface area contributed by atoms with Crippen molar-refractivity contribution in [1.82, 2.24) is 14.8 Å². The molecule has 1 heterocycles. The Morgan fingerprint density at radius 2 is 1.92 bits per heavy atom. The largest absolute Gasteiger partial charge is 0.388 e. The van der Waals surface area contributed by atoms with E-state index < -0.39 is 0 Å². The minimum atomic E-state index is -0.0233. The molecule has 1 aromatic rings. The van der Waals surface area contributed by atoms with Gasteiger partial charge in [-0.25, -0.2) is 0 Å². The summed E-state index contributed by atoms with van der Waals surface area (Å²) in [5, 5.41) is 16.8. The minimum Gasteiger partial charge on any atom is -0.388 e. The summed E-state index contributed by atoms with van der Waals surface area (Å²) in [6, 6.07) is 0. The van der Waals surface area contributed by atoms with E-state index in [2.05, 4.69) is 17.1 Å². The Bertz CT molecular complexity index is 244. The summed E-state index contributed by atoms with van der Waals surface area (Å²) in [6.45, 7) is 4.94. The highest BCUT2D eigenvalue weighted by Gasteiger charge is 2.07. The Balaban J connectivity index is 2.88. The van der Waals surface area contributed by atoms with E-state index >= 15 is 0 Å². The van der Waals surface area contributed by atoms with Gasteiger partial charge in [0.2, 0.25) is 0 Å². The Morgan fingerprint density at radius 3 is 2.42 bits per heavy atom. The van der Waals surface area contributed by atoms with Crippen molar-refractivity contribution in [2.24, 2.45) is 0 Å². The van der Waals surface area contributed by atoms with Crippen molar-refractivity contribution in [2.75, 3.05) is 0 Å². The molecule has 0 radical (unpaired) electrons. The molecule has 4 heteroatoms. The molecule has 0 spiro atoms. The normalized spacial score (nSPS) is 10.6. The average molecular weight is 169 g/mol. The Hall–Kier alpha value is -0.900. The van der Waals surface area contributed by atoms with E-state index in [-0.39, 0.29) is 6.61 Å². The van der Waals surface area contributed by atoms with Crippen LogP contribution in [0, 0.1) is 0 Å². The monoisotopic (exact) mass is 169 g/mol. The highest BCUT2D eigenvalue weighted by molar-refractivity contribution is 4.94. The lowest BCUT2D eigenvalue weighted by atomic mass is 10.3. The van der Waals surface area contributed by atoms with Crippen molar-refractivity contribution in [3.05, 3.63) is 11.6 Å². The number of aromatic nitrogens is 3. The van der Waals surface area contributed by atoms with E-state index in [1.807, 2.05) is 11.5 Å². The molecule has 0 atom stereocenters. The molecule has 0 aliphatic carbocycles. The number of nitrogens with zero attached hydrogens (tertiary/aromatic N) is 3. The third-order valence-corrected chi connectivity index (χ3v) is 1.84. The van der Waals surface area contributed by atoms with Crippen molar-refractivity contribution in [1.29, 1.82) is 0 Å². The van der Waals surface area contributed by atoms with E-state index in [0.29, 0.717) is 5.82 Å². The molecule has 1 N–H and O–H groups in total. The Morgan fingerprint density at radius 1 is 1.25 bits per heavy atom. The maximum absolute atomic E-state index is 8.91. The third kappa shape index (κ3) is 1.64. The fourth-order valence-electron chi connectivity index (χ4n) is 1.26. The van der Waals surface area contributed by atoms with Gasteiger partial charge in [0.05, 0.1) is 0 Å². The number of aliphatic hydroxyl groups excluding tert-OH is 1. The second kappa shape index (κ2) is 4.21. The fraction of sp³-hybridized carbons (Fsp3) is 0.750. The van der Waals surface area contributed by atoms with Crippen LogP contribution in [0.5, 0.6) is 0 Å². The summed E-state index contributed by atoms with van der Waals surface area (Å²) in [4.78, 5) is 0. The molecule has 12 heavy (non-hydrogen) atoms. The lowest BCUT2D eigenvalue weighted by molar-refractivity contribution is 0.264. The van der Waals surface area contributed by atoms with Crippen molar-refractivity contribution >= 4 is 0 Å². The van der Waals surface area contributed by atoms with E-state index in [9.17, 15) is 0 Å². The number of hydrogen-bond acceptors (Lipinski definition) is 3. The van der Waals surface area contributed by atoms with E-state index in [1.54, 1.807) is 0 Å². The quantitative estimate of drug-likeness (QED) is 0.723. The molecule has 0 fully saturated rings. The average Bonchev–Trinajstić information content (AvgIpc) is 2.47. The molecule has 0 saturated heterocycles. The van der Waals surface area contributed by atoms with Crippen LogP contribution in [0.4, 0.5) is 0 Å². The second-order valence-electron chi connectivity index (χ2n) is 2.68. The van der Waals surface area contributed by atoms with Crippen LogP contribution in [-0.4, -0.2) is 19.9 Å². The van der Waals surface area contributed by atoms with E-state index in [1.165, 1.54) is 0 Å². The summed E-state index contributed by atoms with van der Waals surface area (Å²) < 4.78 is 1.96. The fourth-order valence-corrected chi connectivity index (χ4v) is 1.26. The van der Waals surface area contributed by atoms with Crippen molar-refractivity contribution in [2.45, 2.75) is 39.8 Å². The lowest BCUT2D eigenvalue weighted by Gasteiger charge is -2.03. The highest BCUT2D eigenvalue weighted by atomic mass is 16.3. The van der Waals surface area contributed by atoms with Gasteiger partial charge in [-0.15, -0.1) is 10.2 Å². The van der Waals surface area contributed by atoms with Crippen LogP contribution in [0.25, 0.3) is 0 Å². The summed E-state index contributed by atoms with van der Waals surface area (Å²) in [7, 11) is 0. The molecule has 0 saturated carbocycles. The van der Waals surface area contributed by atoms with Gasteiger partial charge in [0, 0.05) is 13.0 Å². The number of aliphatic hydroxyl groups is 1.